The monoisotopic (exact) mass is 230 g/mol. The maximum Gasteiger partial charge on any atom is 0.131 e. The van der Waals surface area contributed by atoms with Crippen LogP contribution in [0.5, 0.6) is 11.5 Å². The number of benzene rings is 2. The molecule has 2 N–H and O–H groups in total. The third kappa shape index (κ3) is 1.84. The van der Waals surface area contributed by atoms with Crippen molar-refractivity contribution in [3.8, 4) is 11.5 Å². The van der Waals surface area contributed by atoms with Gasteiger partial charge in [-0.05, 0) is 36.4 Å². The first-order valence-electron chi connectivity index (χ1n) is 5.43. The fourth-order valence-corrected chi connectivity index (χ4v) is 2.17. The Morgan fingerprint density at radius 3 is 2.53 bits per heavy atom. The molecular formula is C14H14O3. The van der Waals surface area contributed by atoms with Crippen molar-refractivity contribution in [2.75, 3.05) is 0 Å². The number of phenolic OH excluding ortho intramolecular Hbond substituents is 2. The highest BCUT2D eigenvalue weighted by atomic mass is 16.3. The summed E-state index contributed by atoms with van der Waals surface area (Å²) in [6, 6.07) is 5.37. The van der Waals surface area contributed by atoms with E-state index < -0.39 is 0 Å². The van der Waals surface area contributed by atoms with Crippen molar-refractivity contribution in [3.63, 3.8) is 0 Å². The average molecular weight is 230 g/mol. The van der Waals surface area contributed by atoms with E-state index in [0.717, 1.165) is 22.8 Å². The maximum absolute atomic E-state index is 10.6. The van der Waals surface area contributed by atoms with Crippen molar-refractivity contribution in [1.29, 1.82) is 0 Å². The molecule has 0 aliphatic heterocycles. The van der Waals surface area contributed by atoms with Gasteiger partial charge in [0.1, 0.15) is 17.8 Å². The Morgan fingerprint density at radius 2 is 1.88 bits per heavy atom. The Hall–Kier alpha value is -2.03. The van der Waals surface area contributed by atoms with Crippen LogP contribution in [-0.4, -0.2) is 16.5 Å². The van der Waals surface area contributed by atoms with Gasteiger partial charge in [0.25, 0.3) is 0 Å². The average Bonchev–Trinajstić information content (AvgIpc) is 2.22. The van der Waals surface area contributed by atoms with Crippen LogP contribution in [0.25, 0.3) is 10.8 Å². The molecule has 0 fully saturated rings. The van der Waals surface area contributed by atoms with Crippen LogP contribution in [-0.2, 0) is 11.2 Å². The lowest BCUT2D eigenvalue weighted by Gasteiger charge is -2.11. The van der Waals surface area contributed by atoms with Crippen LogP contribution in [0.1, 0.15) is 16.7 Å². The lowest BCUT2D eigenvalue weighted by atomic mass is 9.96. The van der Waals surface area contributed by atoms with E-state index in [0.29, 0.717) is 10.9 Å². The van der Waals surface area contributed by atoms with Gasteiger partial charge in [0.15, 0.2) is 0 Å². The first kappa shape index (κ1) is 11.5. The van der Waals surface area contributed by atoms with Gasteiger partial charge in [-0.25, -0.2) is 0 Å². The number of carbonyl (C=O) groups excluding carboxylic acids is 1. The quantitative estimate of drug-likeness (QED) is 0.780. The van der Waals surface area contributed by atoms with Gasteiger partial charge in [0.05, 0.1) is 5.39 Å². The zero-order chi connectivity index (χ0) is 12.6. The molecule has 2 aromatic carbocycles. The van der Waals surface area contributed by atoms with Gasteiger partial charge in [-0.3, -0.25) is 0 Å². The molecule has 2 rings (SSSR count). The standard InChI is InChI=1S/C14H14O3/c1-8-5-10-7-9(2)11(3-4-15)14(17)13(10)12(16)6-8/h4-7,16-17H,3H2,1-2H3. The van der Waals surface area contributed by atoms with E-state index in [4.69, 9.17) is 0 Å². The number of rotatable bonds is 2. The van der Waals surface area contributed by atoms with E-state index in [2.05, 4.69) is 0 Å². The molecule has 0 unspecified atom stereocenters. The summed E-state index contributed by atoms with van der Waals surface area (Å²) in [7, 11) is 0. The van der Waals surface area contributed by atoms with Gasteiger partial charge >= 0.3 is 0 Å². The van der Waals surface area contributed by atoms with Crippen LogP contribution >= 0.6 is 0 Å². The summed E-state index contributed by atoms with van der Waals surface area (Å²) < 4.78 is 0. The number of phenols is 2. The second-order valence-electron chi connectivity index (χ2n) is 4.27. The van der Waals surface area contributed by atoms with Gasteiger partial charge in [0.2, 0.25) is 0 Å². The second-order valence-corrected chi connectivity index (χ2v) is 4.27. The largest absolute Gasteiger partial charge is 0.507 e. The minimum atomic E-state index is 0.00426. The number of aldehydes is 1. The van der Waals surface area contributed by atoms with Crippen LogP contribution in [0.15, 0.2) is 18.2 Å². The number of hydrogen-bond donors (Lipinski definition) is 2. The molecule has 0 aliphatic carbocycles. The van der Waals surface area contributed by atoms with Crippen LogP contribution in [0.3, 0.4) is 0 Å². The summed E-state index contributed by atoms with van der Waals surface area (Å²) in [6.07, 6.45) is 0.903. The number of aryl methyl sites for hydroxylation is 2. The Bertz CT molecular complexity index is 600. The summed E-state index contributed by atoms with van der Waals surface area (Å²) in [6.45, 7) is 3.72. The highest BCUT2D eigenvalue weighted by molar-refractivity contribution is 5.96. The topological polar surface area (TPSA) is 57.5 Å². The summed E-state index contributed by atoms with van der Waals surface area (Å²) in [5.74, 6) is 0.0502. The maximum atomic E-state index is 10.6. The molecule has 0 saturated heterocycles. The Labute approximate surface area is 99.3 Å². The van der Waals surface area contributed by atoms with Crippen molar-refractivity contribution in [1.82, 2.24) is 0 Å². The molecule has 0 radical (unpaired) electrons. The summed E-state index contributed by atoms with van der Waals surface area (Å²) >= 11 is 0. The minimum absolute atomic E-state index is 0.00426. The van der Waals surface area contributed by atoms with E-state index in [9.17, 15) is 15.0 Å². The second kappa shape index (κ2) is 4.09. The molecule has 3 heteroatoms. The number of fused-ring (bicyclic) bond motifs is 1. The summed E-state index contributed by atoms with van der Waals surface area (Å²) in [4.78, 5) is 10.6. The zero-order valence-corrected chi connectivity index (χ0v) is 9.82. The molecule has 0 heterocycles. The van der Waals surface area contributed by atoms with E-state index in [1.54, 1.807) is 6.07 Å². The van der Waals surface area contributed by atoms with Gasteiger partial charge in [-0.2, -0.15) is 0 Å². The van der Waals surface area contributed by atoms with Crippen LogP contribution < -0.4 is 0 Å². The molecule has 0 aliphatic rings. The van der Waals surface area contributed by atoms with E-state index in [1.165, 1.54) is 0 Å². The molecule has 0 spiro atoms. The van der Waals surface area contributed by atoms with Gasteiger partial charge in [0, 0.05) is 12.0 Å². The molecule has 0 saturated carbocycles. The van der Waals surface area contributed by atoms with Crippen LogP contribution in [0.4, 0.5) is 0 Å². The van der Waals surface area contributed by atoms with Crippen molar-refractivity contribution >= 4 is 17.1 Å². The highest BCUT2D eigenvalue weighted by Gasteiger charge is 2.13. The number of hydrogen-bond acceptors (Lipinski definition) is 3. The Balaban J connectivity index is 2.86. The molecule has 0 atom stereocenters. The van der Waals surface area contributed by atoms with E-state index >= 15 is 0 Å². The molecule has 0 bridgehead atoms. The Kier molecular flexibility index (Phi) is 2.76. The van der Waals surface area contributed by atoms with Gasteiger partial charge in [-0.1, -0.05) is 12.1 Å². The zero-order valence-electron chi connectivity index (χ0n) is 9.82. The van der Waals surface area contributed by atoms with Gasteiger partial charge in [-0.15, -0.1) is 0 Å². The number of aromatic hydroxyl groups is 2. The molecule has 88 valence electrons. The molecule has 3 nitrogen and oxygen atoms in total. The molecule has 0 amide bonds. The first-order valence-corrected chi connectivity index (χ1v) is 5.43. The Morgan fingerprint density at radius 1 is 1.18 bits per heavy atom. The van der Waals surface area contributed by atoms with Crippen molar-refractivity contribution < 1.29 is 15.0 Å². The fourth-order valence-electron chi connectivity index (χ4n) is 2.17. The first-order chi connectivity index (χ1) is 8.04. The molecule has 2 aromatic rings. The van der Waals surface area contributed by atoms with Crippen LogP contribution in [0.2, 0.25) is 0 Å². The summed E-state index contributed by atoms with van der Waals surface area (Å²) in [5, 5.41) is 21.2. The third-order valence-electron chi connectivity index (χ3n) is 2.95. The predicted molar refractivity (Wildman–Crippen MR) is 66.5 cm³/mol. The predicted octanol–water partition coefficient (Wildman–Crippen LogP) is 2.61. The molecule has 17 heavy (non-hydrogen) atoms. The van der Waals surface area contributed by atoms with Gasteiger partial charge < -0.3 is 15.0 Å². The third-order valence-corrected chi connectivity index (χ3v) is 2.95. The summed E-state index contributed by atoms with van der Waals surface area (Å²) in [5.41, 5.74) is 2.36. The van der Waals surface area contributed by atoms with Crippen molar-refractivity contribution in [3.05, 3.63) is 34.9 Å². The van der Waals surface area contributed by atoms with E-state index in [1.807, 2.05) is 26.0 Å². The highest BCUT2D eigenvalue weighted by Crippen LogP contribution is 2.38. The lowest BCUT2D eigenvalue weighted by Crippen LogP contribution is -1.93. The fraction of sp³-hybridized carbons (Fsp3) is 0.214. The minimum Gasteiger partial charge on any atom is -0.507 e. The molecular weight excluding hydrogens is 216 g/mol. The van der Waals surface area contributed by atoms with Crippen molar-refractivity contribution in [2.24, 2.45) is 0 Å². The smallest absolute Gasteiger partial charge is 0.131 e. The lowest BCUT2D eigenvalue weighted by molar-refractivity contribution is -0.107. The molecule has 0 aromatic heterocycles. The van der Waals surface area contributed by atoms with Crippen molar-refractivity contribution in [2.45, 2.75) is 20.3 Å². The normalized spacial score (nSPS) is 10.7. The van der Waals surface area contributed by atoms with Crippen LogP contribution in [0, 0.1) is 13.8 Å². The van der Waals surface area contributed by atoms with E-state index in [-0.39, 0.29) is 17.9 Å². The SMILES string of the molecule is Cc1cc(O)c2c(O)c(CC=O)c(C)cc2c1. The number of carbonyl (C=O) groups is 1.